The summed E-state index contributed by atoms with van der Waals surface area (Å²) >= 11 is 0. The third-order valence-electron chi connectivity index (χ3n) is 5.09. The van der Waals surface area contributed by atoms with Crippen LogP contribution in [0.4, 0.5) is 11.5 Å². The molecule has 0 aliphatic carbocycles. The molecular weight excluding hydrogens is 364 g/mol. The molecule has 0 bridgehead atoms. The number of carbonyl (C=O) groups is 1. The van der Waals surface area contributed by atoms with Crippen molar-refractivity contribution in [3.8, 4) is 5.75 Å². The van der Waals surface area contributed by atoms with Crippen molar-refractivity contribution in [2.24, 2.45) is 0 Å². The minimum atomic E-state index is -0.195. The third-order valence-corrected chi connectivity index (χ3v) is 5.09. The molecule has 0 fully saturated rings. The molecule has 6 nitrogen and oxygen atoms in total. The number of aromatic nitrogens is 2. The first-order valence-corrected chi connectivity index (χ1v) is 9.77. The van der Waals surface area contributed by atoms with E-state index >= 15 is 0 Å². The van der Waals surface area contributed by atoms with Gasteiger partial charge >= 0.3 is 0 Å². The van der Waals surface area contributed by atoms with Gasteiger partial charge in [0, 0.05) is 24.8 Å². The molecule has 29 heavy (non-hydrogen) atoms. The van der Waals surface area contributed by atoms with Gasteiger partial charge in [-0.3, -0.25) is 4.79 Å². The van der Waals surface area contributed by atoms with Crippen LogP contribution in [0.1, 0.15) is 27.4 Å². The molecule has 0 unspecified atom stereocenters. The number of amides is 1. The van der Waals surface area contributed by atoms with Crippen LogP contribution in [-0.2, 0) is 12.8 Å². The Morgan fingerprint density at radius 1 is 1.14 bits per heavy atom. The van der Waals surface area contributed by atoms with Crippen LogP contribution in [0.5, 0.6) is 5.75 Å². The number of carbonyl (C=O) groups excluding carboxylic acids is 1. The summed E-state index contributed by atoms with van der Waals surface area (Å²) in [6, 6.07) is 17.9. The normalized spacial score (nSPS) is 12.6. The summed E-state index contributed by atoms with van der Waals surface area (Å²) in [7, 11) is 1.65. The van der Waals surface area contributed by atoms with Gasteiger partial charge in [0.1, 0.15) is 23.1 Å². The van der Waals surface area contributed by atoms with E-state index in [0.29, 0.717) is 24.5 Å². The zero-order valence-electron chi connectivity index (χ0n) is 16.7. The Kier molecular flexibility index (Phi) is 5.42. The second-order valence-electron chi connectivity index (χ2n) is 7.01. The van der Waals surface area contributed by atoms with E-state index in [-0.39, 0.29) is 5.91 Å². The Morgan fingerprint density at radius 2 is 1.93 bits per heavy atom. The Hall–Kier alpha value is -3.41. The summed E-state index contributed by atoms with van der Waals surface area (Å²) in [5.41, 5.74) is 3.89. The van der Waals surface area contributed by atoms with Crippen molar-refractivity contribution in [2.45, 2.75) is 19.8 Å². The van der Waals surface area contributed by atoms with Crippen molar-refractivity contribution in [3.63, 3.8) is 0 Å². The van der Waals surface area contributed by atoms with E-state index < -0.39 is 0 Å². The van der Waals surface area contributed by atoms with Crippen molar-refractivity contribution < 1.29 is 9.53 Å². The van der Waals surface area contributed by atoms with Crippen molar-refractivity contribution in [1.82, 2.24) is 15.3 Å². The maximum absolute atomic E-state index is 12.7. The number of hydrogen-bond acceptors (Lipinski definition) is 5. The number of aryl methyl sites for hydroxylation is 1. The van der Waals surface area contributed by atoms with Crippen LogP contribution in [0.3, 0.4) is 0 Å². The number of rotatable bonds is 6. The smallest absolute Gasteiger partial charge is 0.270 e. The van der Waals surface area contributed by atoms with Crippen molar-refractivity contribution in [1.29, 1.82) is 0 Å². The van der Waals surface area contributed by atoms with E-state index in [1.807, 2.05) is 43.3 Å². The molecule has 0 saturated heterocycles. The van der Waals surface area contributed by atoms with Gasteiger partial charge in [0.2, 0.25) is 0 Å². The molecule has 0 atom stereocenters. The molecule has 3 aromatic rings. The highest BCUT2D eigenvalue weighted by Gasteiger charge is 2.22. The fourth-order valence-electron chi connectivity index (χ4n) is 3.69. The average Bonchev–Trinajstić information content (AvgIpc) is 3.18. The van der Waals surface area contributed by atoms with E-state index in [2.05, 4.69) is 32.3 Å². The van der Waals surface area contributed by atoms with Gasteiger partial charge < -0.3 is 15.0 Å². The molecule has 0 saturated carbocycles. The average molecular weight is 388 g/mol. The van der Waals surface area contributed by atoms with Gasteiger partial charge in [-0.1, -0.05) is 36.4 Å². The van der Waals surface area contributed by atoms with Crippen molar-refractivity contribution in [3.05, 3.63) is 77.2 Å². The number of nitrogens with one attached hydrogen (secondary N) is 1. The van der Waals surface area contributed by atoms with E-state index in [9.17, 15) is 4.79 Å². The SMILES string of the molecule is COc1ccccc1CCNC(=O)c1cc(N2CCc3ccccc32)nc(C)n1. The topological polar surface area (TPSA) is 67.3 Å². The number of para-hydroxylation sites is 2. The molecule has 1 N–H and O–H groups in total. The minimum absolute atomic E-state index is 0.195. The molecule has 6 heteroatoms. The number of methoxy groups -OCH3 is 1. The molecule has 2 aromatic carbocycles. The van der Waals surface area contributed by atoms with Crippen molar-refractivity contribution in [2.75, 3.05) is 25.1 Å². The quantitative estimate of drug-likeness (QED) is 0.700. The van der Waals surface area contributed by atoms with Crippen LogP contribution in [0.15, 0.2) is 54.6 Å². The van der Waals surface area contributed by atoms with E-state index in [0.717, 1.165) is 35.8 Å². The molecule has 4 rings (SSSR count). The van der Waals surface area contributed by atoms with Gasteiger partial charge in [-0.2, -0.15) is 0 Å². The Labute approximate surface area is 170 Å². The highest BCUT2D eigenvalue weighted by molar-refractivity contribution is 5.93. The lowest BCUT2D eigenvalue weighted by Crippen LogP contribution is -2.27. The largest absolute Gasteiger partial charge is 0.496 e. The molecule has 2 heterocycles. The zero-order valence-corrected chi connectivity index (χ0v) is 16.7. The summed E-state index contributed by atoms with van der Waals surface area (Å²) in [4.78, 5) is 23.8. The lowest BCUT2D eigenvalue weighted by molar-refractivity contribution is 0.0948. The lowest BCUT2D eigenvalue weighted by atomic mass is 10.1. The predicted octanol–water partition coefficient (Wildman–Crippen LogP) is 3.46. The molecule has 1 aliphatic heterocycles. The van der Waals surface area contributed by atoms with Crippen LogP contribution < -0.4 is 15.0 Å². The molecule has 0 spiro atoms. The summed E-state index contributed by atoms with van der Waals surface area (Å²) in [5, 5.41) is 2.96. The molecular formula is C23H24N4O2. The lowest BCUT2D eigenvalue weighted by Gasteiger charge is -2.19. The van der Waals surface area contributed by atoms with Gasteiger partial charge in [-0.15, -0.1) is 0 Å². The predicted molar refractivity (Wildman–Crippen MR) is 113 cm³/mol. The molecule has 1 aliphatic rings. The molecule has 1 aromatic heterocycles. The monoisotopic (exact) mass is 388 g/mol. The maximum atomic E-state index is 12.7. The van der Waals surface area contributed by atoms with Gasteiger partial charge in [-0.05, 0) is 43.0 Å². The Bertz CT molecular complexity index is 1030. The highest BCUT2D eigenvalue weighted by atomic mass is 16.5. The van der Waals surface area contributed by atoms with Gasteiger partial charge in [-0.25, -0.2) is 9.97 Å². The first-order valence-electron chi connectivity index (χ1n) is 9.77. The van der Waals surface area contributed by atoms with Crippen LogP contribution in [-0.4, -0.2) is 36.1 Å². The van der Waals surface area contributed by atoms with Gasteiger partial charge in [0.15, 0.2) is 0 Å². The number of anilines is 2. The molecule has 148 valence electrons. The third kappa shape index (κ3) is 4.06. The van der Waals surface area contributed by atoms with E-state index in [4.69, 9.17) is 4.74 Å². The minimum Gasteiger partial charge on any atom is -0.496 e. The van der Waals surface area contributed by atoms with E-state index in [1.165, 1.54) is 5.56 Å². The Balaban J connectivity index is 1.47. The summed E-state index contributed by atoms with van der Waals surface area (Å²) < 4.78 is 5.37. The van der Waals surface area contributed by atoms with Crippen LogP contribution >= 0.6 is 0 Å². The Morgan fingerprint density at radius 3 is 2.79 bits per heavy atom. The number of ether oxygens (including phenoxy) is 1. The highest BCUT2D eigenvalue weighted by Crippen LogP contribution is 2.33. The summed E-state index contributed by atoms with van der Waals surface area (Å²) in [6.45, 7) is 3.17. The fraction of sp³-hybridized carbons (Fsp3) is 0.261. The first-order chi connectivity index (χ1) is 14.2. The van der Waals surface area contributed by atoms with Crippen LogP contribution in [0, 0.1) is 6.92 Å². The first kappa shape index (κ1) is 18.9. The fourth-order valence-corrected chi connectivity index (χ4v) is 3.69. The molecule has 0 radical (unpaired) electrons. The maximum Gasteiger partial charge on any atom is 0.270 e. The van der Waals surface area contributed by atoms with Crippen LogP contribution in [0.2, 0.25) is 0 Å². The second-order valence-corrected chi connectivity index (χ2v) is 7.01. The zero-order chi connectivity index (χ0) is 20.2. The van der Waals surface area contributed by atoms with Gasteiger partial charge in [0.25, 0.3) is 5.91 Å². The second kappa shape index (κ2) is 8.31. The van der Waals surface area contributed by atoms with E-state index in [1.54, 1.807) is 13.2 Å². The molecule has 1 amide bonds. The van der Waals surface area contributed by atoms with Crippen LogP contribution in [0.25, 0.3) is 0 Å². The van der Waals surface area contributed by atoms with Crippen molar-refractivity contribution >= 4 is 17.4 Å². The summed E-state index contributed by atoms with van der Waals surface area (Å²) in [5.74, 6) is 1.98. The number of fused-ring (bicyclic) bond motifs is 1. The number of benzene rings is 2. The number of nitrogens with zero attached hydrogens (tertiary/aromatic N) is 3. The van der Waals surface area contributed by atoms with Gasteiger partial charge in [0.05, 0.1) is 7.11 Å². The summed E-state index contributed by atoms with van der Waals surface area (Å²) in [6.07, 6.45) is 1.66. The number of hydrogen-bond donors (Lipinski definition) is 1. The standard InChI is InChI=1S/C23H24N4O2/c1-16-25-19(23(28)24-13-11-18-8-4-6-10-21(18)29-2)15-22(26-16)27-14-12-17-7-3-5-9-20(17)27/h3-10,15H,11-14H2,1-2H3,(H,24,28).